The second-order valence-corrected chi connectivity index (χ2v) is 7.72. The Hall–Kier alpha value is -1.99. The van der Waals surface area contributed by atoms with Gasteiger partial charge in [-0.1, -0.05) is 22.0 Å². The van der Waals surface area contributed by atoms with Crippen LogP contribution in [0.15, 0.2) is 57.9 Å². The summed E-state index contributed by atoms with van der Waals surface area (Å²) >= 11 is 3.23. The first-order valence-electron chi connectivity index (χ1n) is 6.50. The summed E-state index contributed by atoms with van der Waals surface area (Å²) in [4.78, 5) is 12.0. The van der Waals surface area contributed by atoms with Gasteiger partial charge in [-0.2, -0.15) is 0 Å². The molecule has 0 aliphatic carbocycles. The molecule has 0 atom stereocenters. The topological polar surface area (TPSA) is 63.2 Å². The van der Waals surface area contributed by atoms with Crippen LogP contribution in [-0.2, 0) is 14.6 Å². The highest BCUT2D eigenvalue weighted by Crippen LogP contribution is 2.18. The predicted octanol–water partition coefficient (Wildman–Crippen LogP) is 3.64. The molecule has 4 nitrogen and oxygen atoms in total. The number of benzene rings is 2. The van der Waals surface area contributed by atoms with Crippen LogP contribution in [0.1, 0.15) is 5.56 Å². The molecule has 120 valence electrons. The van der Waals surface area contributed by atoms with Gasteiger partial charge in [0.1, 0.15) is 5.82 Å². The van der Waals surface area contributed by atoms with Crippen LogP contribution in [-0.4, -0.2) is 20.6 Å². The van der Waals surface area contributed by atoms with Crippen LogP contribution >= 0.6 is 15.9 Å². The molecule has 0 aliphatic heterocycles. The zero-order chi connectivity index (χ0) is 17.0. The molecular formula is C16H13BrFNO3S. The van der Waals surface area contributed by atoms with E-state index < -0.39 is 21.6 Å². The summed E-state index contributed by atoms with van der Waals surface area (Å²) in [6.45, 7) is 0. The average molecular weight is 398 g/mol. The van der Waals surface area contributed by atoms with E-state index in [1.54, 1.807) is 18.2 Å². The third-order valence-corrected chi connectivity index (χ3v) is 4.51. The molecule has 0 fully saturated rings. The lowest BCUT2D eigenvalue weighted by Crippen LogP contribution is -2.08. The number of sulfone groups is 1. The number of nitrogens with one attached hydrogen (secondary N) is 1. The van der Waals surface area contributed by atoms with Gasteiger partial charge in [0.05, 0.1) is 4.90 Å². The van der Waals surface area contributed by atoms with Gasteiger partial charge in [0.25, 0.3) is 0 Å². The van der Waals surface area contributed by atoms with Crippen LogP contribution in [0, 0.1) is 5.82 Å². The fourth-order valence-corrected chi connectivity index (χ4v) is 2.84. The second-order valence-electron chi connectivity index (χ2n) is 4.79. The first-order valence-corrected chi connectivity index (χ1v) is 9.18. The van der Waals surface area contributed by atoms with Crippen LogP contribution in [0.3, 0.4) is 0 Å². The number of halogens is 2. The Morgan fingerprint density at radius 3 is 2.65 bits per heavy atom. The molecule has 0 spiro atoms. The van der Waals surface area contributed by atoms with Crippen LogP contribution in [0.4, 0.5) is 10.1 Å². The van der Waals surface area contributed by atoms with Crippen molar-refractivity contribution >= 4 is 43.4 Å². The maximum Gasteiger partial charge on any atom is 0.248 e. The zero-order valence-corrected chi connectivity index (χ0v) is 14.5. The van der Waals surface area contributed by atoms with Crippen molar-refractivity contribution in [3.8, 4) is 0 Å². The minimum absolute atomic E-state index is 0.109. The third kappa shape index (κ3) is 5.01. The van der Waals surface area contributed by atoms with Crippen molar-refractivity contribution in [1.29, 1.82) is 0 Å². The quantitative estimate of drug-likeness (QED) is 0.800. The lowest BCUT2D eigenvalue weighted by atomic mass is 10.2. The lowest BCUT2D eigenvalue weighted by molar-refractivity contribution is -0.111. The molecule has 0 aromatic heterocycles. The number of hydrogen-bond donors (Lipinski definition) is 1. The van der Waals surface area contributed by atoms with Crippen molar-refractivity contribution in [3.63, 3.8) is 0 Å². The highest BCUT2D eigenvalue weighted by Gasteiger charge is 2.08. The van der Waals surface area contributed by atoms with E-state index in [9.17, 15) is 17.6 Å². The fourth-order valence-electron chi connectivity index (χ4n) is 1.80. The second kappa shape index (κ2) is 7.06. The Balaban J connectivity index is 2.14. The predicted molar refractivity (Wildman–Crippen MR) is 91.3 cm³/mol. The number of anilines is 1. The summed E-state index contributed by atoms with van der Waals surface area (Å²) in [5, 5.41) is 2.53. The molecule has 2 aromatic carbocycles. The van der Waals surface area contributed by atoms with E-state index in [1.165, 1.54) is 36.4 Å². The molecule has 0 saturated heterocycles. The summed E-state index contributed by atoms with van der Waals surface area (Å²) in [6, 6.07) is 10.3. The first-order chi connectivity index (χ1) is 10.8. The monoisotopic (exact) mass is 397 g/mol. The minimum Gasteiger partial charge on any atom is -0.322 e. The number of hydrogen-bond acceptors (Lipinski definition) is 3. The van der Waals surface area contributed by atoms with Gasteiger partial charge < -0.3 is 5.32 Å². The Kier molecular flexibility index (Phi) is 5.33. The first kappa shape index (κ1) is 17.4. The summed E-state index contributed by atoms with van der Waals surface area (Å²) in [5.41, 5.74) is 0.608. The molecule has 0 unspecified atom stereocenters. The molecule has 0 heterocycles. The molecule has 0 aliphatic rings. The Morgan fingerprint density at radius 2 is 1.96 bits per heavy atom. The van der Waals surface area contributed by atoms with Gasteiger partial charge in [-0.15, -0.1) is 0 Å². The summed E-state index contributed by atoms with van der Waals surface area (Å²) in [7, 11) is -3.35. The normalized spacial score (nSPS) is 11.6. The number of carbonyl (C=O) groups excluding carboxylic acids is 1. The molecule has 0 saturated carbocycles. The van der Waals surface area contributed by atoms with Crippen molar-refractivity contribution in [2.24, 2.45) is 0 Å². The van der Waals surface area contributed by atoms with Gasteiger partial charge in [-0.3, -0.25) is 4.79 Å². The van der Waals surface area contributed by atoms with E-state index in [0.29, 0.717) is 10.2 Å². The van der Waals surface area contributed by atoms with Gasteiger partial charge in [0.2, 0.25) is 5.91 Å². The van der Waals surface area contributed by atoms with Crippen molar-refractivity contribution < 1.29 is 17.6 Å². The van der Waals surface area contributed by atoms with Crippen LogP contribution in [0.5, 0.6) is 0 Å². The van der Waals surface area contributed by atoms with Gasteiger partial charge >= 0.3 is 0 Å². The van der Waals surface area contributed by atoms with Crippen molar-refractivity contribution in [2.75, 3.05) is 11.6 Å². The molecular weight excluding hydrogens is 385 g/mol. The Morgan fingerprint density at radius 1 is 1.22 bits per heavy atom. The number of rotatable bonds is 4. The van der Waals surface area contributed by atoms with Gasteiger partial charge in [0.15, 0.2) is 9.84 Å². The standard InChI is InChI=1S/C16H13BrFNO3S/c1-23(21,22)14-4-2-3-13(10-14)19-16(20)8-5-11-9-12(17)6-7-15(11)18/h2-10H,1H3,(H,19,20)/b8-5+. The molecule has 0 radical (unpaired) electrons. The highest BCUT2D eigenvalue weighted by atomic mass is 79.9. The maximum atomic E-state index is 13.6. The number of amides is 1. The van der Waals surface area contributed by atoms with Crippen molar-refractivity contribution in [1.82, 2.24) is 0 Å². The van der Waals surface area contributed by atoms with E-state index >= 15 is 0 Å². The van der Waals surface area contributed by atoms with Crippen molar-refractivity contribution in [2.45, 2.75) is 4.90 Å². The van der Waals surface area contributed by atoms with E-state index in [0.717, 1.165) is 6.26 Å². The van der Waals surface area contributed by atoms with E-state index in [-0.39, 0.29) is 10.5 Å². The average Bonchev–Trinajstić information content (AvgIpc) is 2.47. The summed E-state index contributed by atoms with van der Waals surface area (Å²) in [5.74, 6) is -0.939. The summed E-state index contributed by atoms with van der Waals surface area (Å²) < 4.78 is 37.2. The number of carbonyl (C=O) groups is 1. The van der Waals surface area contributed by atoms with Crippen molar-refractivity contribution in [3.05, 3.63) is 64.4 Å². The molecule has 2 aromatic rings. The lowest BCUT2D eigenvalue weighted by Gasteiger charge is -2.04. The van der Waals surface area contributed by atoms with Gasteiger partial charge in [-0.05, 0) is 42.5 Å². The SMILES string of the molecule is CS(=O)(=O)c1cccc(NC(=O)/C=C/c2cc(Br)ccc2F)c1. The molecule has 7 heteroatoms. The third-order valence-electron chi connectivity index (χ3n) is 2.90. The van der Waals surface area contributed by atoms with Crippen LogP contribution in [0.25, 0.3) is 6.08 Å². The molecule has 2 rings (SSSR count). The van der Waals surface area contributed by atoms with Gasteiger partial charge in [-0.25, -0.2) is 12.8 Å². The van der Waals surface area contributed by atoms with E-state index in [1.807, 2.05) is 0 Å². The fraction of sp³-hybridized carbons (Fsp3) is 0.0625. The van der Waals surface area contributed by atoms with Gasteiger partial charge in [0, 0.05) is 28.1 Å². The Labute approximate surface area is 142 Å². The smallest absolute Gasteiger partial charge is 0.248 e. The van der Waals surface area contributed by atoms with E-state index in [2.05, 4.69) is 21.2 Å². The maximum absolute atomic E-state index is 13.6. The largest absolute Gasteiger partial charge is 0.322 e. The Bertz CT molecular complexity index is 879. The molecule has 23 heavy (non-hydrogen) atoms. The summed E-state index contributed by atoms with van der Waals surface area (Å²) in [6.07, 6.45) is 3.61. The van der Waals surface area contributed by atoms with E-state index in [4.69, 9.17) is 0 Å². The molecule has 1 N–H and O–H groups in total. The molecule has 1 amide bonds. The zero-order valence-electron chi connectivity index (χ0n) is 12.1. The highest BCUT2D eigenvalue weighted by molar-refractivity contribution is 9.10. The molecule has 0 bridgehead atoms. The van der Waals surface area contributed by atoms with Crippen LogP contribution in [0.2, 0.25) is 0 Å². The van der Waals surface area contributed by atoms with Crippen LogP contribution < -0.4 is 5.32 Å². The minimum atomic E-state index is -3.35.